The van der Waals surface area contributed by atoms with E-state index in [-0.39, 0.29) is 11.8 Å². The van der Waals surface area contributed by atoms with Crippen LogP contribution in [-0.2, 0) is 0 Å². The quantitative estimate of drug-likeness (QED) is 0.479. The molecule has 0 saturated heterocycles. The molecule has 0 aliphatic carbocycles. The summed E-state index contributed by atoms with van der Waals surface area (Å²) in [6.07, 6.45) is 3.87. The van der Waals surface area contributed by atoms with Gasteiger partial charge in [0.15, 0.2) is 0 Å². The largest absolute Gasteiger partial charge is 0.355 e. The zero-order chi connectivity index (χ0) is 17.8. The number of benzene rings is 1. The molecule has 0 unspecified atom stereocenters. The van der Waals surface area contributed by atoms with E-state index in [2.05, 4.69) is 20.6 Å². The fourth-order valence-corrected chi connectivity index (χ4v) is 2.76. The molecule has 25 heavy (non-hydrogen) atoms. The maximum atomic E-state index is 12.4. The molecule has 0 spiro atoms. The molecule has 7 nitrogen and oxygen atoms in total. The molecule has 2 amide bonds. The number of carbonyl (C=O) groups is 2. The molecule has 1 aromatic carbocycles. The average Bonchev–Trinajstić information content (AvgIpc) is 2.66. The third kappa shape index (κ3) is 3.14. The van der Waals surface area contributed by atoms with Crippen molar-refractivity contribution >= 4 is 33.6 Å². The summed E-state index contributed by atoms with van der Waals surface area (Å²) in [4.78, 5) is 33.2. The van der Waals surface area contributed by atoms with Gasteiger partial charge in [-0.3, -0.25) is 19.6 Å². The fourth-order valence-electron chi connectivity index (χ4n) is 2.76. The van der Waals surface area contributed by atoms with E-state index in [4.69, 9.17) is 5.73 Å². The summed E-state index contributed by atoms with van der Waals surface area (Å²) in [7, 11) is 1.58. The van der Waals surface area contributed by atoms with Crippen LogP contribution >= 0.6 is 0 Å². The highest BCUT2D eigenvalue weighted by molar-refractivity contribution is 6.16. The van der Waals surface area contributed by atoms with Gasteiger partial charge in [-0.1, -0.05) is 12.1 Å². The summed E-state index contributed by atoms with van der Waals surface area (Å²) in [6, 6.07) is 6.94. The van der Waals surface area contributed by atoms with Crippen molar-refractivity contribution < 1.29 is 9.59 Å². The molecule has 128 valence electrons. The number of nitrogens with zero attached hydrogens (tertiary/aromatic N) is 2. The summed E-state index contributed by atoms with van der Waals surface area (Å²) in [5, 5.41) is 6.86. The van der Waals surface area contributed by atoms with Crippen molar-refractivity contribution in [1.82, 2.24) is 20.6 Å². The van der Waals surface area contributed by atoms with Crippen molar-refractivity contribution in [2.24, 2.45) is 5.73 Å². The van der Waals surface area contributed by atoms with Gasteiger partial charge in [-0.25, -0.2) is 0 Å². The summed E-state index contributed by atoms with van der Waals surface area (Å²) < 4.78 is 0. The minimum Gasteiger partial charge on any atom is -0.355 e. The van der Waals surface area contributed by atoms with Crippen LogP contribution in [0.2, 0.25) is 0 Å². The van der Waals surface area contributed by atoms with E-state index in [1.165, 1.54) is 0 Å². The molecular formula is C18H19N5O2. The number of nitrogens with one attached hydrogen (secondary N) is 2. The van der Waals surface area contributed by atoms with Gasteiger partial charge in [0.05, 0.1) is 22.2 Å². The van der Waals surface area contributed by atoms with Crippen molar-refractivity contribution in [2.45, 2.75) is 6.42 Å². The zero-order valence-corrected chi connectivity index (χ0v) is 13.9. The van der Waals surface area contributed by atoms with E-state index in [0.29, 0.717) is 52.4 Å². The number of fused-ring (bicyclic) bond motifs is 3. The summed E-state index contributed by atoms with van der Waals surface area (Å²) in [5.41, 5.74) is 7.69. The van der Waals surface area contributed by atoms with E-state index in [1.807, 2.05) is 0 Å². The molecule has 2 aromatic heterocycles. The molecule has 3 rings (SSSR count). The number of pyridine rings is 2. The van der Waals surface area contributed by atoms with Gasteiger partial charge < -0.3 is 16.4 Å². The first-order valence-corrected chi connectivity index (χ1v) is 8.04. The number of hydrogen-bond donors (Lipinski definition) is 3. The second-order valence-corrected chi connectivity index (χ2v) is 5.55. The van der Waals surface area contributed by atoms with Gasteiger partial charge in [0, 0.05) is 36.8 Å². The molecule has 0 aliphatic heterocycles. The van der Waals surface area contributed by atoms with Crippen LogP contribution in [0.25, 0.3) is 21.8 Å². The third-order valence-corrected chi connectivity index (χ3v) is 4.00. The van der Waals surface area contributed by atoms with Gasteiger partial charge in [0.2, 0.25) is 0 Å². The van der Waals surface area contributed by atoms with Crippen molar-refractivity contribution in [1.29, 1.82) is 0 Å². The molecular weight excluding hydrogens is 318 g/mol. The summed E-state index contributed by atoms with van der Waals surface area (Å²) in [5.74, 6) is -0.370. The predicted molar refractivity (Wildman–Crippen MR) is 96.4 cm³/mol. The molecule has 2 heterocycles. The summed E-state index contributed by atoms with van der Waals surface area (Å²) in [6.45, 7) is 1.04. The Morgan fingerprint density at radius 3 is 2.04 bits per heavy atom. The molecule has 0 atom stereocenters. The average molecular weight is 337 g/mol. The number of amides is 2. The third-order valence-electron chi connectivity index (χ3n) is 4.00. The standard InChI is InChI=1S/C18H19N5O2/c1-20-17(24)13-5-9-21-15-11(13)3-4-12-14(6-10-22-16(12)15)18(25)23-8-2-7-19/h3-6,9-10H,2,7-8,19H2,1H3,(H,20,24)(H,23,25). The predicted octanol–water partition coefficient (Wildman–Crippen LogP) is 1.22. The molecule has 7 heteroatoms. The minimum atomic E-state index is -0.192. The highest BCUT2D eigenvalue weighted by Crippen LogP contribution is 2.26. The maximum absolute atomic E-state index is 12.4. The Balaban J connectivity index is 2.14. The fraction of sp³-hybridized carbons (Fsp3) is 0.222. The minimum absolute atomic E-state index is 0.178. The van der Waals surface area contributed by atoms with Gasteiger partial charge in [-0.2, -0.15) is 0 Å². The zero-order valence-electron chi connectivity index (χ0n) is 13.9. The number of rotatable bonds is 5. The molecule has 0 radical (unpaired) electrons. The summed E-state index contributed by atoms with van der Waals surface area (Å²) >= 11 is 0. The lowest BCUT2D eigenvalue weighted by Gasteiger charge is -2.10. The van der Waals surface area contributed by atoms with Crippen LogP contribution in [-0.4, -0.2) is 41.9 Å². The first kappa shape index (κ1) is 16.8. The topological polar surface area (TPSA) is 110 Å². The second kappa shape index (κ2) is 7.23. The van der Waals surface area contributed by atoms with E-state index in [9.17, 15) is 9.59 Å². The number of aromatic nitrogens is 2. The Hall–Kier alpha value is -3.06. The highest BCUT2D eigenvalue weighted by Gasteiger charge is 2.15. The van der Waals surface area contributed by atoms with E-state index in [0.717, 1.165) is 0 Å². The van der Waals surface area contributed by atoms with E-state index in [1.54, 1.807) is 43.7 Å². The van der Waals surface area contributed by atoms with E-state index >= 15 is 0 Å². The normalized spacial score (nSPS) is 10.8. The first-order chi connectivity index (χ1) is 12.2. The van der Waals surface area contributed by atoms with Gasteiger partial charge in [0.25, 0.3) is 11.8 Å². The lowest BCUT2D eigenvalue weighted by Crippen LogP contribution is -2.26. The number of carbonyl (C=O) groups excluding carboxylic acids is 2. The molecule has 0 saturated carbocycles. The van der Waals surface area contributed by atoms with Crippen molar-refractivity contribution in [3.05, 3.63) is 47.8 Å². The van der Waals surface area contributed by atoms with Gasteiger partial charge in [0.1, 0.15) is 0 Å². The molecule has 0 aliphatic rings. The first-order valence-electron chi connectivity index (χ1n) is 8.04. The Kier molecular flexibility index (Phi) is 4.85. The SMILES string of the molecule is CNC(=O)c1ccnc2c1ccc1c(C(=O)NCCCN)ccnc12. The lowest BCUT2D eigenvalue weighted by molar-refractivity contribution is 0.0950. The Labute approximate surface area is 144 Å². The molecule has 0 bridgehead atoms. The molecule has 0 fully saturated rings. The van der Waals surface area contributed by atoms with Crippen molar-refractivity contribution in [3.8, 4) is 0 Å². The Morgan fingerprint density at radius 2 is 1.52 bits per heavy atom. The lowest BCUT2D eigenvalue weighted by atomic mass is 10.0. The number of hydrogen-bond acceptors (Lipinski definition) is 5. The van der Waals surface area contributed by atoms with Gasteiger partial charge >= 0.3 is 0 Å². The van der Waals surface area contributed by atoms with Crippen LogP contribution in [0.4, 0.5) is 0 Å². The van der Waals surface area contributed by atoms with Gasteiger partial charge in [-0.15, -0.1) is 0 Å². The molecule has 4 N–H and O–H groups in total. The van der Waals surface area contributed by atoms with Crippen LogP contribution in [0, 0.1) is 0 Å². The van der Waals surface area contributed by atoms with Crippen LogP contribution < -0.4 is 16.4 Å². The smallest absolute Gasteiger partial charge is 0.252 e. The number of nitrogens with two attached hydrogens (primary N) is 1. The monoisotopic (exact) mass is 337 g/mol. The van der Waals surface area contributed by atoms with Crippen LogP contribution in [0.15, 0.2) is 36.7 Å². The van der Waals surface area contributed by atoms with Crippen LogP contribution in [0.1, 0.15) is 27.1 Å². The van der Waals surface area contributed by atoms with Crippen molar-refractivity contribution in [3.63, 3.8) is 0 Å². The Morgan fingerprint density at radius 1 is 0.960 bits per heavy atom. The van der Waals surface area contributed by atoms with Crippen LogP contribution in [0.3, 0.4) is 0 Å². The highest BCUT2D eigenvalue weighted by atomic mass is 16.2. The van der Waals surface area contributed by atoms with Gasteiger partial charge in [-0.05, 0) is 25.1 Å². The maximum Gasteiger partial charge on any atom is 0.252 e. The van der Waals surface area contributed by atoms with Crippen LogP contribution in [0.5, 0.6) is 0 Å². The Bertz CT molecular complexity index is 955. The molecule has 3 aromatic rings. The van der Waals surface area contributed by atoms with E-state index < -0.39 is 0 Å². The van der Waals surface area contributed by atoms with Crippen molar-refractivity contribution in [2.75, 3.05) is 20.1 Å². The second-order valence-electron chi connectivity index (χ2n) is 5.55.